The van der Waals surface area contributed by atoms with Crippen LogP contribution < -0.4 is 10.6 Å². The molecule has 150 valence electrons. The number of hydrogen-bond donors (Lipinski definition) is 2. The maximum Gasteiger partial charge on any atom is 0.163 e. The minimum atomic E-state index is 0.613. The van der Waals surface area contributed by atoms with E-state index >= 15 is 0 Å². The largest absolute Gasteiger partial charge is 0.366 e. The van der Waals surface area contributed by atoms with Gasteiger partial charge < -0.3 is 19.8 Å². The van der Waals surface area contributed by atoms with Crippen LogP contribution in [0.2, 0.25) is 0 Å². The quantitative estimate of drug-likeness (QED) is 0.257. The first-order chi connectivity index (χ1) is 14.7. The van der Waals surface area contributed by atoms with E-state index in [0.29, 0.717) is 13.3 Å². The molecule has 5 aromatic rings. The zero-order valence-corrected chi connectivity index (χ0v) is 19.1. The Kier molecular flexibility index (Phi) is 5.39. The second kappa shape index (κ2) is 8.31. The summed E-state index contributed by atoms with van der Waals surface area (Å²) in [6, 6.07) is 24.8. The smallest absolute Gasteiger partial charge is 0.163 e. The van der Waals surface area contributed by atoms with Crippen LogP contribution in [0.25, 0.3) is 20.4 Å². The van der Waals surface area contributed by atoms with Crippen molar-refractivity contribution >= 4 is 78.9 Å². The normalized spacial score (nSPS) is 11.2. The Labute approximate surface area is 192 Å². The summed E-state index contributed by atoms with van der Waals surface area (Å²) < 4.78 is 8.41. The van der Waals surface area contributed by atoms with E-state index in [1.807, 2.05) is 36.4 Å². The van der Waals surface area contributed by atoms with Crippen molar-refractivity contribution in [2.45, 2.75) is 13.3 Å². The molecule has 30 heavy (non-hydrogen) atoms. The fourth-order valence-corrected chi connectivity index (χ4v) is 6.09. The molecule has 5 rings (SSSR count). The van der Waals surface area contributed by atoms with E-state index in [0.717, 1.165) is 30.3 Å². The van der Waals surface area contributed by atoms with Crippen molar-refractivity contribution in [3.63, 3.8) is 0 Å². The Morgan fingerprint density at radius 3 is 1.47 bits per heavy atom. The van der Waals surface area contributed by atoms with Crippen molar-refractivity contribution in [2.75, 3.05) is 10.6 Å². The van der Waals surface area contributed by atoms with Gasteiger partial charge in [-0.3, -0.25) is 0 Å². The van der Waals surface area contributed by atoms with Crippen molar-refractivity contribution in [1.29, 1.82) is 0 Å². The van der Waals surface area contributed by atoms with Gasteiger partial charge in [0.1, 0.15) is 0 Å². The van der Waals surface area contributed by atoms with Gasteiger partial charge in [-0.15, -0.1) is 22.7 Å². The predicted molar refractivity (Wildman–Crippen MR) is 135 cm³/mol. The summed E-state index contributed by atoms with van der Waals surface area (Å²) >= 11 is 14.4. The molecule has 0 saturated heterocycles. The molecule has 0 atom stereocenters. The molecule has 0 aliphatic rings. The first kappa shape index (κ1) is 19.4. The summed E-state index contributed by atoms with van der Waals surface area (Å²) in [5.41, 5.74) is 4.37. The molecule has 0 fully saturated rings. The minimum Gasteiger partial charge on any atom is -0.366 e. The number of hydrogen-bond acceptors (Lipinski definition) is 6. The Morgan fingerprint density at radius 2 is 1.00 bits per heavy atom. The molecule has 2 heterocycles. The fraction of sp³-hybridized carbons (Fsp3) is 0.0909. The van der Waals surface area contributed by atoms with Crippen LogP contribution in [0, 0.1) is 7.91 Å². The van der Waals surface area contributed by atoms with Crippen LogP contribution in [-0.2, 0) is 13.3 Å². The van der Waals surface area contributed by atoms with Crippen LogP contribution in [0.5, 0.6) is 0 Å². The first-order valence-electron chi connectivity index (χ1n) is 9.44. The summed E-state index contributed by atoms with van der Waals surface area (Å²) in [4.78, 5) is 0. The number of rotatable bonds is 6. The fourth-order valence-electron chi connectivity index (χ4n) is 3.45. The lowest BCUT2D eigenvalue weighted by Gasteiger charge is -2.15. The zero-order valence-electron chi connectivity index (χ0n) is 15.9. The van der Waals surface area contributed by atoms with E-state index in [4.69, 9.17) is 24.4 Å². The summed E-state index contributed by atoms with van der Waals surface area (Å²) in [6.07, 6.45) is 0. The highest BCUT2D eigenvalue weighted by Crippen LogP contribution is 2.27. The molecule has 2 aromatic heterocycles. The highest BCUT2D eigenvalue weighted by Gasteiger charge is 2.08. The number of anilines is 2. The van der Waals surface area contributed by atoms with Gasteiger partial charge >= 0.3 is 0 Å². The van der Waals surface area contributed by atoms with Crippen molar-refractivity contribution in [1.82, 2.24) is 9.13 Å². The SMILES string of the molecule is S=c1sc2ccccc2n1CNc1ccccc1NCn1c(=S)sc2ccccc21. The Bertz CT molecular complexity index is 1350. The standard InChI is InChI=1S/C22H18N4S4/c27-21-25(17-9-3-5-11-19(17)29-21)13-23-15-7-1-2-8-16(15)24-14-26-18-10-4-6-12-20(18)30-22(26)28/h1-12,23-24H,13-14H2. The number of benzene rings is 3. The van der Waals surface area contributed by atoms with Gasteiger partial charge in [-0.25, -0.2) is 0 Å². The third-order valence-electron chi connectivity index (χ3n) is 4.93. The van der Waals surface area contributed by atoms with Crippen molar-refractivity contribution in [2.24, 2.45) is 0 Å². The average Bonchev–Trinajstić information content (AvgIpc) is 3.26. The van der Waals surface area contributed by atoms with Gasteiger partial charge in [0.25, 0.3) is 0 Å². The Hall–Kier alpha value is -2.52. The van der Waals surface area contributed by atoms with E-state index in [1.165, 1.54) is 9.40 Å². The lowest BCUT2D eigenvalue weighted by atomic mass is 10.2. The zero-order chi connectivity index (χ0) is 20.5. The molecule has 3 aromatic carbocycles. The molecule has 8 heteroatoms. The number of fused-ring (bicyclic) bond motifs is 2. The third-order valence-corrected chi connectivity index (χ3v) is 7.79. The molecule has 0 amide bonds. The molecule has 4 nitrogen and oxygen atoms in total. The molecule has 0 saturated carbocycles. The van der Waals surface area contributed by atoms with Crippen LogP contribution in [0.1, 0.15) is 0 Å². The number of nitrogens with one attached hydrogen (secondary N) is 2. The summed E-state index contributed by atoms with van der Waals surface area (Å²) in [7, 11) is 0. The number of aromatic nitrogens is 2. The first-order valence-corrected chi connectivity index (χ1v) is 11.9. The molecule has 0 spiro atoms. The van der Waals surface area contributed by atoms with Crippen LogP contribution in [0.3, 0.4) is 0 Å². The second-order valence-corrected chi connectivity index (χ2v) is 10.1. The van der Waals surface area contributed by atoms with Crippen molar-refractivity contribution in [3.8, 4) is 0 Å². The topological polar surface area (TPSA) is 33.9 Å². The molecule has 0 unspecified atom stereocenters. The minimum absolute atomic E-state index is 0.613. The molecule has 0 radical (unpaired) electrons. The summed E-state index contributed by atoms with van der Waals surface area (Å²) in [6.45, 7) is 1.23. The van der Waals surface area contributed by atoms with Crippen molar-refractivity contribution in [3.05, 3.63) is 80.7 Å². The van der Waals surface area contributed by atoms with Crippen LogP contribution in [0.15, 0.2) is 72.8 Å². The monoisotopic (exact) mass is 466 g/mol. The van der Waals surface area contributed by atoms with Gasteiger partial charge in [-0.2, -0.15) is 0 Å². The summed E-state index contributed by atoms with van der Waals surface area (Å²) in [5.74, 6) is 0. The van der Waals surface area contributed by atoms with Gasteiger partial charge in [-0.1, -0.05) is 36.4 Å². The molecule has 0 aliphatic carbocycles. The average molecular weight is 467 g/mol. The lowest BCUT2D eigenvalue weighted by molar-refractivity contribution is 0.797. The van der Waals surface area contributed by atoms with Gasteiger partial charge in [-0.05, 0) is 60.8 Å². The number of para-hydroxylation sites is 4. The third kappa shape index (κ3) is 3.67. The van der Waals surface area contributed by atoms with Gasteiger partial charge in [0.2, 0.25) is 0 Å². The number of nitrogens with zero attached hydrogens (tertiary/aromatic N) is 2. The van der Waals surface area contributed by atoms with Gasteiger partial charge in [0, 0.05) is 0 Å². The Morgan fingerprint density at radius 1 is 0.600 bits per heavy atom. The molecular formula is C22H18N4S4. The van der Waals surface area contributed by atoms with Gasteiger partial charge in [0.05, 0.1) is 45.1 Å². The van der Waals surface area contributed by atoms with E-state index in [2.05, 4.69) is 56.2 Å². The molecule has 0 aliphatic heterocycles. The molecule has 0 bridgehead atoms. The molecular weight excluding hydrogens is 449 g/mol. The summed E-state index contributed by atoms with van der Waals surface area (Å²) in [5, 5.41) is 7.08. The maximum absolute atomic E-state index is 5.58. The van der Waals surface area contributed by atoms with E-state index in [1.54, 1.807) is 22.7 Å². The van der Waals surface area contributed by atoms with E-state index in [9.17, 15) is 0 Å². The number of thiazole rings is 2. The van der Waals surface area contributed by atoms with E-state index in [-0.39, 0.29) is 0 Å². The van der Waals surface area contributed by atoms with Crippen LogP contribution in [0.4, 0.5) is 11.4 Å². The lowest BCUT2D eigenvalue weighted by Crippen LogP contribution is -2.12. The highest BCUT2D eigenvalue weighted by molar-refractivity contribution is 7.74. The van der Waals surface area contributed by atoms with E-state index < -0.39 is 0 Å². The molecule has 2 N–H and O–H groups in total. The van der Waals surface area contributed by atoms with Crippen LogP contribution >= 0.6 is 47.1 Å². The highest BCUT2D eigenvalue weighted by atomic mass is 32.2. The maximum atomic E-state index is 5.58. The second-order valence-electron chi connectivity index (χ2n) is 6.74. The predicted octanol–water partition coefficient (Wildman–Crippen LogP) is 7.32. The Balaban J connectivity index is 1.38. The van der Waals surface area contributed by atoms with Crippen LogP contribution in [-0.4, -0.2) is 9.13 Å². The van der Waals surface area contributed by atoms with Crippen molar-refractivity contribution < 1.29 is 0 Å². The van der Waals surface area contributed by atoms with Gasteiger partial charge in [0.15, 0.2) is 7.91 Å².